The van der Waals surface area contributed by atoms with Gasteiger partial charge in [0.2, 0.25) is 17.8 Å². The molecule has 0 aliphatic heterocycles. The molecule has 0 aromatic carbocycles. The molecule has 0 radical (unpaired) electrons. The number of nitrogens with one attached hydrogen (secondary N) is 6. The molecule has 444 valence electrons. The van der Waals surface area contributed by atoms with Gasteiger partial charge in [-0.25, -0.2) is 15.0 Å². The van der Waals surface area contributed by atoms with Gasteiger partial charge in [0.05, 0.1) is 54.4 Å². The second kappa shape index (κ2) is 28.2. The third-order valence-corrected chi connectivity index (χ3v) is 13.9. The summed E-state index contributed by atoms with van der Waals surface area (Å²) in [6, 6.07) is 11.9. The third-order valence-electron chi connectivity index (χ3n) is 13.9. The van der Waals surface area contributed by atoms with E-state index in [1.807, 2.05) is 89.5 Å². The van der Waals surface area contributed by atoms with E-state index < -0.39 is 17.3 Å². The lowest BCUT2D eigenvalue weighted by Crippen LogP contribution is -2.41. The van der Waals surface area contributed by atoms with Gasteiger partial charge in [0.1, 0.15) is 0 Å². The Bertz CT molecular complexity index is 3270. The SMILES string of the molecule is CC[C@@H](Nc1nc(NCc2cccnc2)c2ncn(C(C)C)c2n1)C(C)(C)O.CC[C@H](Nc1nc(NCc2cccnc2)c2ncn(C(C)C)c2n1)C(C)(C)O.CC[C@H](Nc1nc(NCc2cccnc2)c2ncn(C(C)C)c2n1)[C@@H](C)O. The molecule has 0 spiro atoms. The first-order chi connectivity index (χ1) is 39.6. The molecule has 24 nitrogen and oxygen atoms in total. The van der Waals surface area contributed by atoms with E-state index in [0.717, 1.165) is 69.4 Å². The third kappa shape index (κ3) is 16.5. The maximum absolute atomic E-state index is 10.4. The van der Waals surface area contributed by atoms with Gasteiger partial charge in [-0.2, -0.15) is 29.9 Å². The van der Waals surface area contributed by atoms with E-state index in [1.54, 1.807) is 72.2 Å². The molecule has 0 amide bonds. The van der Waals surface area contributed by atoms with Crippen LogP contribution >= 0.6 is 0 Å². The van der Waals surface area contributed by atoms with Crippen LogP contribution in [0.25, 0.3) is 33.5 Å². The highest BCUT2D eigenvalue weighted by atomic mass is 16.3. The molecule has 0 bridgehead atoms. The average molecular weight is 1140 g/mol. The van der Waals surface area contributed by atoms with Crippen LogP contribution < -0.4 is 31.9 Å². The van der Waals surface area contributed by atoms with Crippen LogP contribution in [0.2, 0.25) is 0 Å². The molecule has 0 aliphatic carbocycles. The number of rotatable bonds is 24. The number of hydrogen-bond acceptors (Lipinski definition) is 21. The van der Waals surface area contributed by atoms with Crippen molar-refractivity contribution in [1.82, 2.24) is 73.5 Å². The van der Waals surface area contributed by atoms with Crippen LogP contribution in [0.4, 0.5) is 35.3 Å². The van der Waals surface area contributed by atoms with Crippen LogP contribution in [0.15, 0.2) is 92.6 Å². The smallest absolute Gasteiger partial charge is 0.227 e. The monoisotopic (exact) mass is 1140 g/mol. The van der Waals surface area contributed by atoms with Gasteiger partial charge >= 0.3 is 0 Å². The minimum Gasteiger partial charge on any atom is -0.391 e. The van der Waals surface area contributed by atoms with E-state index in [0.29, 0.717) is 54.9 Å². The summed E-state index contributed by atoms with van der Waals surface area (Å²) in [4.78, 5) is 53.9. The standard InChI is InChI=1S/2C20H29N7O.C19H27N7O/c2*1-6-15(20(4,5)28)24-19-25-17(22-11-14-8-7-9-21-10-14)16-18(26-19)27(12-23-16)13(2)3;1-5-15(13(4)27)23-19-24-17(21-10-14-7-6-8-20-9-14)16-18(25-19)26(11-22-16)12(2)3/h2*7-10,12-13,15,28H,6,11H2,1-5H3,(H2,22,24,25,26);6-9,11-13,15,27H,5,10H2,1-4H3,(H2,21,23,24,25)/t2*15-;13-,15+/m101/s1. The minimum atomic E-state index is -0.894. The Morgan fingerprint density at radius 3 is 1.01 bits per heavy atom. The first kappa shape index (κ1) is 62.4. The Morgan fingerprint density at radius 1 is 0.458 bits per heavy atom. The Balaban J connectivity index is 0.000000179. The zero-order valence-electron chi connectivity index (χ0n) is 50.5. The van der Waals surface area contributed by atoms with Gasteiger partial charge in [-0.3, -0.25) is 15.0 Å². The number of pyridine rings is 3. The highest BCUT2D eigenvalue weighted by Crippen LogP contribution is 2.29. The summed E-state index contributed by atoms with van der Waals surface area (Å²) in [6.07, 6.45) is 17.8. The number of hydrogen-bond donors (Lipinski definition) is 9. The van der Waals surface area contributed by atoms with Crippen molar-refractivity contribution in [2.75, 3.05) is 31.9 Å². The zero-order chi connectivity index (χ0) is 60.0. The first-order valence-corrected chi connectivity index (χ1v) is 28.6. The second-order valence-electron chi connectivity index (χ2n) is 22.5. The molecule has 9 rings (SSSR count). The quantitative estimate of drug-likeness (QED) is 0.0272. The predicted molar refractivity (Wildman–Crippen MR) is 329 cm³/mol. The van der Waals surface area contributed by atoms with Gasteiger partial charge in [-0.15, -0.1) is 0 Å². The average Bonchev–Trinajstić information content (AvgIpc) is 4.30. The van der Waals surface area contributed by atoms with Gasteiger partial charge in [-0.05, 0) is 130 Å². The fraction of sp³-hybridized carbons (Fsp3) is 0.492. The van der Waals surface area contributed by atoms with Crippen molar-refractivity contribution < 1.29 is 15.3 Å². The summed E-state index contributed by atoms with van der Waals surface area (Å²) in [6.45, 7) is 29.2. The van der Waals surface area contributed by atoms with E-state index >= 15 is 0 Å². The number of nitrogens with zero attached hydrogens (tertiary/aromatic N) is 15. The van der Waals surface area contributed by atoms with E-state index in [4.69, 9.17) is 0 Å². The lowest BCUT2D eigenvalue weighted by atomic mass is 9.97. The molecule has 24 heteroatoms. The molecule has 83 heavy (non-hydrogen) atoms. The Morgan fingerprint density at radius 2 is 0.771 bits per heavy atom. The predicted octanol–water partition coefficient (Wildman–Crippen LogP) is 9.74. The topological polar surface area (TPSA) is 302 Å². The van der Waals surface area contributed by atoms with Crippen LogP contribution in [0.3, 0.4) is 0 Å². The highest BCUT2D eigenvalue weighted by Gasteiger charge is 2.28. The normalized spacial score (nSPS) is 13.3. The number of aromatic nitrogens is 15. The Hall–Kier alpha value is -8.22. The summed E-state index contributed by atoms with van der Waals surface area (Å²) in [5, 5.41) is 50.7. The molecule has 9 aromatic rings. The molecule has 4 atom stereocenters. The van der Waals surface area contributed by atoms with Crippen molar-refractivity contribution in [2.24, 2.45) is 0 Å². The molecular weight excluding hydrogens is 1050 g/mol. The van der Waals surface area contributed by atoms with E-state index in [9.17, 15) is 15.3 Å². The van der Waals surface area contributed by atoms with Crippen molar-refractivity contribution in [3.63, 3.8) is 0 Å². The van der Waals surface area contributed by atoms with E-state index in [2.05, 4.69) is 133 Å². The minimum absolute atomic E-state index is 0.121. The van der Waals surface area contributed by atoms with Gasteiger partial charge in [0, 0.05) is 74.9 Å². The Kier molecular flexibility index (Phi) is 21.2. The van der Waals surface area contributed by atoms with E-state index in [-0.39, 0.29) is 36.3 Å². The maximum atomic E-state index is 10.4. The molecule has 9 aromatic heterocycles. The summed E-state index contributed by atoms with van der Waals surface area (Å²) >= 11 is 0. The molecule has 0 aliphatic rings. The lowest BCUT2D eigenvalue weighted by Gasteiger charge is -2.29. The number of aliphatic hydroxyl groups is 3. The molecular formula is C59H85N21O3. The Labute approximate surface area is 486 Å². The molecule has 0 saturated carbocycles. The second-order valence-corrected chi connectivity index (χ2v) is 22.5. The first-order valence-electron chi connectivity index (χ1n) is 28.6. The largest absolute Gasteiger partial charge is 0.391 e. The fourth-order valence-corrected chi connectivity index (χ4v) is 9.11. The van der Waals surface area contributed by atoms with Crippen LogP contribution in [-0.4, -0.2) is 124 Å². The summed E-state index contributed by atoms with van der Waals surface area (Å²) in [5.74, 6) is 3.38. The number of anilines is 6. The van der Waals surface area contributed by atoms with Gasteiger partial charge in [0.15, 0.2) is 50.9 Å². The van der Waals surface area contributed by atoms with E-state index in [1.165, 1.54) is 0 Å². The number of fused-ring (bicyclic) bond motifs is 3. The molecule has 9 N–H and O–H groups in total. The number of aliphatic hydroxyl groups excluding tert-OH is 1. The molecule has 9 heterocycles. The van der Waals surface area contributed by atoms with Crippen molar-refractivity contribution in [3.8, 4) is 0 Å². The molecule has 0 saturated heterocycles. The van der Waals surface area contributed by atoms with Gasteiger partial charge in [-0.1, -0.05) is 39.0 Å². The highest BCUT2D eigenvalue weighted by molar-refractivity contribution is 5.86. The van der Waals surface area contributed by atoms with Crippen LogP contribution in [-0.2, 0) is 19.6 Å². The molecule has 0 fully saturated rings. The zero-order valence-corrected chi connectivity index (χ0v) is 50.5. The lowest BCUT2D eigenvalue weighted by molar-refractivity contribution is 0.0572. The fourth-order valence-electron chi connectivity index (χ4n) is 9.11. The van der Waals surface area contributed by atoms with Crippen molar-refractivity contribution in [2.45, 2.75) is 189 Å². The molecule has 0 unspecified atom stereocenters. The maximum Gasteiger partial charge on any atom is 0.227 e. The van der Waals surface area contributed by atoms with Crippen LogP contribution in [0, 0.1) is 0 Å². The van der Waals surface area contributed by atoms with Gasteiger partial charge in [0.25, 0.3) is 0 Å². The van der Waals surface area contributed by atoms with Crippen LogP contribution in [0.5, 0.6) is 0 Å². The van der Waals surface area contributed by atoms with Gasteiger partial charge < -0.3 is 60.9 Å². The summed E-state index contributed by atoms with van der Waals surface area (Å²) in [5.41, 5.74) is 5.81. The summed E-state index contributed by atoms with van der Waals surface area (Å²) in [7, 11) is 0. The van der Waals surface area contributed by atoms with Crippen molar-refractivity contribution >= 4 is 68.8 Å². The van der Waals surface area contributed by atoms with Crippen molar-refractivity contribution in [3.05, 3.63) is 109 Å². The van der Waals surface area contributed by atoms with Crippen LogP contribution in [0.1, 0.15) is 151 Å². The number of imidazole rings is 3. The summed E-state index contributed by atoms with van der Waals surface area (Å²) < 4.78 is 6.05. The van der Waals surface area contributed by atoms with Crippen molar-refractivity contribution in [1.29, 1.82) is 0 Å².